The average Bonchev–Trinajstić information content (AvgIpc) is 3.15. The van der Waals surface area contributed by atoms with Crippen LogP contribution in [0.1, 0.15) is 6.42 Å². The second kappa shape index (κ2) is 8.34. The number of benzene rings is 2. The lowest BCUT2D eigenvalue weighted by Gasteiger charge is -2.28. The van der Waals surface area contributed by atoms with Crippen molar-refractivity contribution in [1.82, 2.24) is 4.98 Å². The molecule has 0 atom stereocenters. The van der Waals surface area contributed by atoms with Crippen molar-refractivity contribution >= 4 is 57.3 Å². The summed E-state index contributed by atoms with van der Waals surface area (Å²) in [4.78, 5) is 31.8. The number of hydrogen-bond donors (Lipinski definition) is 1. The maximum Gasteiger partial charge on any atom is 0.237 e. The van der Waals surface area contributed by atoms with E-state index in [4.69, 9.17) is 11.6 Å². The first-order valence-electron chi connectivity index (χ1n) is 8.64. The van der Waals surface area contributed by atoms with Gasteiger partial charge in [0.25, 0.3) is 0 Å². The molecule has 4 rings (SSSR count). The lowest BCUT2D eigenvalue weighted by molar-refractivity contribution is -0.117. The zero-order valence-electron chi connectivity index (χ0n) is 14.7. The molecule has 0 spiro atoms. The van der Waals surface area contributed by atoms with Crippen LogP contribution in [-0.4, -0.2) is 29.1 Å². The number of nitrogens with one attached hydrogen (secondary N) is 1. The lowest BCUT2D eigenvalue weighted by Crippen LogP contribution is -2.37. The molecule has 2 heterocycles. The van der Waals surface area contributed by atoms with E-state index in [9.17, 15) is 9.59 Å². The summed E-state index contributed by atoms with van der Waals surface area (Å²) in [6.07, 6.45) is 0.200. The number of carbonyl (C=O) groups is 2. The molecule has 2 amide bonds. The molecule has 142 valence electrons. The topological polar surface area (TPSA) is 62.3 Å². The van der Waals surface area contributed by atoms with Gasteiger partial charge in [0.2, 0.25) is 11.8 Å². The molecular weight excluding hydrogens is 414 g/mol. The fourth-order valence-electron chi connectivity index (χ4n) is 2.92. The Morgan fingerprint density at radius 2 is 1.96 bits per heavy atom. The van der Waals surface area contributed by atoms with Crippen LogP contribution in [0.25, 0.3) is 11.3 Å². The average molecular weight is 430 g/mol. The third-order valence-corrected chi connectivity index (χ3v) is 6.41. The van der Waals surface area contributed by atoms with E-state index in [0.29, 0.717) is 22.5 Å². The van der Waals surface area contributed by atoms with Gasteiger partial charge in [-0.25, -0.2) is 4.98 Å². The lowest BCUT2D eigenvalue weighted by atomic mass is 10.2. The number of hydrogen-bond acceptors (Lipinski definition) is 5. The van der Waals surface area contributed by atoms with E-state index in [-0.39, 0.29) is 18.2 Å². The molecule has 5 nitrogen and oxygen atoms in total. The number of para-hydroxylation sites is 1. The number of thiazole rings is 1. The number of halogens is 1. The Kier molecular flexibility index (Phi) is 5.66. The van der Waals surface area contributed by atoms with Crippen molar-refractivity contribution in [2.75, 3.05) is 22.5 Å². The molecule has 3 aromatic rings. The highest BCUT2D eigenvalue weighted by Crippen LogP contribution is 2.35. The fourth-order valence-corrected chi connectivity index (χ4v) is 4.81. The van der Waals surface area contributed by atoms with Gasteiger partial charge in [-0.1, -0.05) is 41.9 Å². The molecule has 1 aliphatic heterocycles. The number of fused-ring (bicyclic) bond motifs is 1. The maximum absolute atomic E-state index is 12.4. The Hall–Kier alpha value is -2.35. The SMILES string of the molecule is O=C(CCN1C(=O)CSc2ccccc21)Nc1nc(-c2ccccc2Cl)cs1. The largest absolute Gasteiger partial charge is 0.310 e. The van der Waals surface area contributed by atoms with Crippen LogP contribution < -0.4 is 10.2 Å². The molecule has 0 unspecified atom stereocenters. The summed E-state index contributed by atoms with van der Waals surface area (Å²) in [6, 6.07) is 15.2. The van der Waals surface area contributed by atoms with Gasteiger partial charge in [0, 0.05) is 33.8 Å². The maximum atomic E-state index is 12.4. The first-order valence-corrected chi connectivity index (χ1v) is 10.9. The summed E-state index contributed by atoms with van der Waals surface area (Å²) in [5.74, 6) is 0.238. The van der Waals surface area contributed by atoms with Crippen LogP contribution in [0, 0.1) is 0 Å². The Bertz CT molecular complexity index is 1040. The van der Waals surface area contributed by atoms with E-state index < -0.39 is 0 Å². The van der Waals surface area contributed by atoms with Gasteiger partial charge in [0.05, 0.1) is 17.1 Å². The predicted octanol–water partition coefficient (Wildman–Crippen LogP) is 4.93. The van der Waals surface area contributed by atoms with Crippen LogP contribution in [0.5, 0.6) is 0 Å². The first kappa shape index (κ1) is 19.0. The molecule has 2 aromatic carbocycles. The van der Waals surface area contributed by atoms with Crippen LogP contribution in [0.15, 0.2) is 58.8 Å². The van der Waals surface area contributed by atoms with Crippen molar-refractivity contribution < 1.29 is 9.59 Å². The van der Waals surface area contributed by atoms with Crippen molar-refractivity contribution in [2.45, 2.75) is 11.3 Å². The Balaban J connectivity index is 1.39. The zero-order valence-corrected chi connectivity index (χ0v) is 17.1. The summed E-state index contributed by atoms with van der Waals surface area (Å²) in [5, 5.41) is 5.80. The van der Waals surface area contributed by atoms with Crippen molar-refractivity contribution in [2.24, 2.45) is 0 Å². The molecule has 0 aliphatic carbocycles. The Labute approximate surface area is 175 Å². The van der Waals surface area contributed by atoms with Gasteiger partial charge in [0.1, 0.15) is 0 Å². The van der Waals surface area contributed by atoms with Gasteiger partial charge in [-0.3, -0.25) is 9.59 Å². The second-order valence-corrected chi connectivity index (χ2v) is 8.40. The van der Waals surface area contributed by atoms with Gasteiger partial charge in [-0.15, -0.1) is 23.1 Å². The number of nitrogens with zero attached hydrogens (tertiary/aromatic N) is 2. The van der Waals surface area contributed by atoms with Crippen LogP contribution in [-0.2, 0) is 9.59 Å². The minimum atomic E-state index is -0.177. The summed E-state index contributed by atoms with van der Waals surface area (Å²) >= 11 is 9.08. The van der Waals surface area contributed by atoms with E-state index in [1.807, 2.05) is 47.8 Å². The number of carbonyl (C=O) groups excluding carboxylic acids is 2. The number of anilines is 2. The molecule has 8 heteroatoms. The van der Waals surface area contributed by atoms with E-state index in [0.717, 1.165) is 21.8 Å². The normalized spacial score (nSPS) is 13.3. The number of aromatic nitrogens is 1. The van der Waals surface area contributed by atoms with Crippen LogP contribution in [0.2, 0.25) is 5.02 Å². The van der Waals surface area contributed by atoms with E-state index in [2.05, 4.69) is 10.3 Å². The van der Waals surface area contributed by atoms with Gasteiger partial charge in [0.15, 0.2) is 5.13 Å². The summed E-state index contributed by atoms with van der Waals surface area (Å²) in [7, 11) is 0. The summed E-state index contributed by atoms with van der Waals surface area (Å²) in [6.45, 7) is 0.338. The standard InChI is InChI=1S/C20H16ClN3O2S2/c21-14-6-2-1-5-13(14)15-11-28-20(22-15)23-18(25)9-10-24-16-7-3-4-8-17(16)27-12-19(24)26/h1-8,11H,9-10,12H2,(H,22,23,25). The van der Waals surface area contributed by atoms with Gasteiger partial charge < -0.3 is 10.2 Å². The minimum Gasteiger partial charge on any atom is -0.310 e. The second-order valence-electron chi connectivity index (χ2n) is 6.12. The molecule has 0 radical (unpaired) electrons. The molecule has 1 aromatic heterocycles. The summed E-state index contributed by atoms with van der Waals surface area (Å²) in [5.41, 5.74) is 2.42. The van der Waals surface area contributed by atoms with E-state index >= 15 is 0 Å². The van der Waals surface area contributed by atoms with Crippen molar-refractivity contribution in [3.63, 3.8) is 0 Å². The van der Waals surface area contributed by atoms with E-state index in [1.165, 1.54) is 23.1 Å². The van der Waals surface area contributed by atoms with Crippen molar-refractivity contribution in [3.8, 4) is 11.3 Å². The Morgan fingerprint density at radius 3 is 2.82 bits per heavy atom. The highest BCUT2D eigenvalue weighted by atomic mass is 35.5. The summed E-state index contributed by atoms with van der Waals surface area (Å²) < 4.78 is 0. The van der Waals surface area contributed by atoms with Gasteiger partial charge >= 0.3 is 0 Å². The minimum absolute atomic E-state index is 0.0201. The molecule has 0 saturated heterocycles. The smallest absolute Gasteiger partial charge is 0.237 e. The zero-order chi connectivity index (χ0) is 19.5. The first-order chi connectivity index (χ1) is 13.6. The Morgan fingerprint density at radius 1 is 1.18 bits per heavy atom. The third kappa shape index (κ3) is 4.06. The number of thioether (sulfide) groups is 1. The highest BCUT2D eigenvalue weighted by molar-refractivity contribution is 8.00. The molecule has 1 N–H and O–H groups in total. The van der Waals surface area contributed by atoms with Crippen molar-refractivity contribution in [1.29, 1.82) is 0 Å². The number of rotatable bonds is 5. The molecular formula is C20H16ClN3O2S2. The monoisotopic (exact) mass is 429 g/mol. The van der Waals surface area contributed by atoms with Crippen molar-refractivity contribution in [3.05, 3.63) is 58.9 Å². The molecule has 1 aliphatic rings. The predicted molar refractivity (Wildman–Crippen MR) is 115 cm³/mol. The number of amides is 2. The van der Waals surface area contributed by atoms with Gasteiger partial charge in [-0.05, 0) is 18.2 Å². The van der Waals surface area contributed by atoms with Crippen LogP contribution in [0.3, 0.4) is 0 Å². The van der Waals surface area contributed by atoms with Crippen LogP contribution >= 0.6 is 34.7 Å². The highest BCUT2D eigenvalue weighted by Gasteiger charge is 2.24. The molecule has 0 bridgehead atoms. The van der Waals surface area contributed by atoms with E-state index in [1.54, 1.807) is 11.0 Å². The molecule has 0 saturated carbocycles. The molecule has 28 heavy (non-hydrogen) atoms. The molecule has 0 fully saturated rings. The third-order valence-electron chi connectivity index (χ3n) is 4.27. The van der Waals surface area contributed by atoms with Crippen LogP contribution in [0.4, 0.5) is 10.8 Å². The quantitative estimate of drug-likeness (QED) is 0.624. The van der Waals surface area contributed by atoms with Gasteiger partial charge in [-0.2, -0.15) is 0 Å². The fraction of sp³-hybridized carbons (Fsp3) is 0.150.